The lowest BCUT2D eigenvalue weighted by atomic mass is 9.67. The molecule has 2 heteroatoms. The summed E-state index contributed by atoms with van der Waals surface area (Å²) in [6.45, 7) is 4.68. The van der Waals surface area contributed by atoms with Crippen molar-refractivity contribution < 1.29 is 0 Å². The molecular weight excluding hydrogens is 184 g/mol. The standard InChI is InChI=1S/C13H26N2/c1-2-12(5-3-6-12)11-15-10-9-13(14)7-4-8-13/h15H,2-11,14H2,1H3. The molecule has 88 valence electrons. The highest BCUT2D eigenvalue weighted by Gasteiger charge is 2.35. The van der Waals surface area contributed by atoms with Crippen molar-refractivity contribution in [2.75, 3.05) is 13.1 Å². The highest BCUT2D eigenvalue weighted by atomic mass is 14.9. The van der Waals surface area contributed by atoms with Crippen LogP contribution in [0.1, 0.15) is 58.3 Å². The molecule has 0 radical (unpaired) electrons. The van der Waals surface area contributed by atoms with Gasteiger partial charge >= 0.3 is 0 Å². The summed E-state index contributed by atoms with van der Waals surface area (Å²) >= 11 is 0. The zero-order valence-electron chi connectivity index (χ0n) is 10.1. The fraction of sp³-hybridized carbons (Fsp3) is 1.00. The van der Waals surface area contributed by atoms with E-state index in [0.717, 1.165) is 6.54 Å². The molecule has 0 atom stereocenters. The molecule has 2 rings (SSSR count). The maximum Gasteiger partial charge on any atom is 0.0166 e. The van der Waals surface area contributed by atoms with Gasteiger partial charge in [0.15, 0.2) is 0 Å². The molecule has 2 aliphatic rings. The first-order valence-corrected chi connectivity index (χ1v) is 6.68. The maximum absolute atomic E-state index is 6.19. The Labute approximate surface area is 94.0 Å². The van der Waals surface area contributed by atoms with Crippen molar-refractivity contribution >= 4 is 0 Å². The van der Waals surface area contributed by atoms with Crippen molar-refractivity contribution in [2.24, 2.45) is 11.1 Å². The van der Waals surface area contributed by atoms with Gasteiger partial charge in [0.1, 0.15) is 0 Å². The SMILES string of the molecule is CCC1(CNCCC2(N)CCC2)CCC1. The van der Waals surface area contributed by atoms with E-state index in [1.807, 2.05) is 0 Å². The van der Waals surface area contributed by atoms with Crippen LogP contribution in [0.15, 0.2) is 0 Å². The molecule has 2 fully saturated rings. The Morgan fingerprint density at radius 3 is 2.20 bits per heavy atom. The molecule has 0 bridgehead atoms. The average Bonchev–Trinajstić information content (AvgIpc) is 2.13. The molecular formula is C13H26N2. The summed E-state index contributed by atoms with van der Waals surface area (Å²) < 4.78 is 0. The third-order valence-corrected chi connectivity index (χ3v) is 4.81. The van der Waals surface area contributed by atoms with Crippen molar-refractivity contribution in [3.05, 3.63) is 0 Å². The topological polar surface area (TPSA) is 38.0 Å². The van der Waals surface area contributed by atoms with E-state index < -0.39 is 0 Å². The van der Waals surface area contributed by atoms with E-state index in [4.69, 9.17) is 5.73 Å². The van der Waals surface area contributed by atoms with Gasteiger partial charge in [0.25, 0.3) is 0 Å². The van der Waals surface area contributed by atoms with E-state index in [9.17, 15) is 0 Å². The van der Waals surface area contributed by atoms with Crippen LogP contribution in [0.2, 0.25) is 0 Å². The first-order valence-electron chi connectivity index (χ1n) is 6.68. The van der Waals surface area contributed by atoms with Crippen LogP contribution < -0.4 is 11.1 Å². The lowest BCUT2D eigenvalue weighted by Crippen LogP contribution is -2.49. The molecule has 0 saturated heterocycles. The second-order valence-electron chi connectivity index (χ2n) is 5.85. The van der Waals surface area contributed by atoms with Gasteiger partial charge in [0.05, 0.1) is 0 Å². The van der Waals surface area contributed by atoms with Gasteiger partial charge in [0, 0.05) is 12.1 Å². The van der Waals surface area contributed by atoms with Crippen LogP contribution in [0, 0.1) is 5.41 Å². The highest BCUT2D eigenvalue weighted by molar-refractivity contribution is 4.93. The summed E-state index contributed by atoms with van der Waals surface area (Å²) in [5.74, 6) is 0. The zero-order chi connectivity index (χ0) is 10.8. The van der Waals surface area contributed by atoms with Crippen molar-refractivity contribution in [1.82, 2.24) is 5.32 Å². The third-order valence-electron chi connectivity index (χ3n) is 4.81. The summed E-state index contributed by atoms with van der Waals surface area (Å²) in [6, 6.07) is 0. The fourth-order valence-electron chi connectivity index (χ4n) is 2.90. The van der Waals surface area contributed by atoms with Crippen molar-refractivity contribution in [3.8, 4) is 0 Å². The molecule has 0 aromatic rings. The average molecular weight is 210 g/mol. The van der Waals surface area contributed by atoms with Crippen molar-refractivity contribution in [1.29, 1.82) is 0 Å². The van der Waals surface area contributed by atoms with E-state index in [2.05, 4.69) is 12.2 Å². The quantitative estimate of drug-likeness (QED) is 0.661. The molecule has 0 aromatic heterocycles. The van der Waals surface area contributed by atoms with Gasteiger partial charge < -0.3 is 11.1 Å². The molecule has 0 unspecified atom stereocenters. The number of nitrogens with one attached hydrogen (secondary N) is 1. The second-order valence-corrected chi connectivity index (χ2v) is 5.85. The first-order chi connectivity index (χ1) is 7.18. The van der Waals surface area contributed by atoms with Crippen molar-refractivity contribution in [2.45, 2.75) is 63.8 Å². The van der Waals surface area contributed by atoms with Crippen LogP contribution in [-0.2, 0) is 0 Å². The van der Waals surface area contributed by atoms with Gasteiger partial charge in [-0.05, 0) is 56.9 Å². The van der Waals surface area contributed by atoms with Gasteiger partial charge in [-0.1, -0.05) is 13.3 Å². The summed E-state index contributed by atoms with van der Waals surface area (Å²) in [4.78, 5) is 0. The van der Waals surface area contributed by atoms with Crippen LogP contribution in [0.4, 0.5) is 0 Å². The van der Waals surface area contributed by atoms with Gasteiger partial charge in [-0.3, -0.25) is 0 Å². The number of rotatable bonds is 6. The fourth-order valence-corrected chi connectivity index (χ4v) is 2.90. The Bertz CT molecular complexity index is 199. The van der Waals surface area contributed by atoms with Gasteiger partial charge in [0.2, 0.25) is 0 Å². The summed E-state index contributed by atoms with van der Waals surface area (Å²) in [5, 5.41) is 3.62. The molecule has 0 aliphatic heterocycles. The Morgan fingerprint density at radius 1 is 1.13 bits per heavy atom. The Morgan fingerprint density at radius 2 is 1.80 bits per heavy atom. The van der Waals surface area contributed by atoms with E-state index in [-0.39, 0.29) is 5.54 Å². The number of hydrogen-bond donors (Lipinski definition) is 2. The molecule has 2 saturated carbocycles. The van der Waals surface area contributed by atoms with E-state index >= 15 is 0 Å². The van der Waals surface area contributed by atoms with E-state index in [1.54, 1.807) is 0 Å². The van der Waals surface area contributed by atoms with E-state index in [0.29, 0.717) is 5.41 Å². The Kier molecular flexibility index (Phi) is 3.36. The predicted molar refractivity (Wildman–Crippen MR) is 64.8 cm³/mol. The molecule has 0 spiro atoms. The largest absolute Gasteiger partial charge is 0.325 e. The Balaban J connectivity index is 1.58. The summed E-state index contributed by atoms with van der Waals surface area (Å²) in [6.07, 6.45) is 10.7. The Hall–Kier alpha value is -0.0800. The monoisotopic (exact) mass is 210 g/mol. The van der Waals surface area contributed by atoms with E-state index in [1.165, 1.54) is 57.9 Å². The first kappa shape index (κ1) is 11.4. The van der Waals surface area contributed by atoms with Crippen LogP contribution in [0.3, 0.4) is 0 Å². The molecule has 0 amide bonds. The van der Waals surface area contributed by atoms with Crippen LogP contribution >= 0.6 is 0 Å². The van der Waals surface area contributed by atoms with Crippen LogP contribution in [-0.4, -0.2) is 18.6 Å². The normalized spacial score (nSPS) is 26.8. The highest BCUT2D eigenvalue weighted by Crippen LogP contribution is 2.43. The molecule has 15 heavy (non-hydrogen) atoms. The minimum atomic E-state index is 0.200. The van der Waals surface area contributed by atoms with Crippen LogP contribution in [0.25, 0.3) is 0 Å². The number of nitrogens with two attached hydrogens (primary N) is 1. The molecule has 3 N–H and O–H groups in total. The summed E-state index contributed by atoms with van der Waals surface area (Å²) in [5.41, 5.74) is 7.05. The van der Waals surface area contributed by atoms with Crippen LogP contribution in [0.5, 0.6) is 0 Å². The maximum atomic E-state index is 6.19. The molecule has 2 aliphatic carbocycles. The molecule has 0 heterocycles. The summed E-state index contributed by atoms with van der Waals surface area (Å²) in [7, 11) is 0. The van der Waals surface area contributed by atoms with Gasteiger partial charge in [-0.25, -0.2) is 0 Å². The molecule has 0 aromatic carbocycles. The predicted octanol–water partition coefficient (Wildman–Crippen LogP) is 2.43. The minimum absolute atomic E-state index is 0.200. The lowest BCUT2D eigenvalue weighted by Gasteiger charge is -2.42. The third kappa shape index (κ3) is 2.54. The number of hydrogen-bond acceptors (Lipinski definition) is 2. The smallest absolute Gasteiger partial charge is 0.0166 e. The molecule has 2 nitrogen and oxygen atoms in total. The van der Waals surface area contributed by atoms with Gasteiger partial charge in [-0.15, -0.1) is 0 Å². The van der Waals surface area contributed by atoms with Crippen molar-refractivity contribution in [3.63, 3.8) is 0 Å². The minimum Gasteiger partial charge on any atom is -0.325 e. The zero-order valence-corrected chi connectivity index (χ0v) is 10.1. The second kappa shape index (κ2) is 4.42. The lowest BCUT2D eigenvalue weighted by molar-refractivity contribution is 0.121. The van der Waals surface area contributed by atoms with Gasteiger partial charge in [-0.2, -0.15) is 0 Å².